The highest BCUT2D eigenvalue weighted by molar-refractivity contribution is 7.99. The van der Waals surface area contributed by atoms with Crippen molar-refractivity contribution in [2.45, 2.75) is 30.7 Å². The van der Waals surface area contributed by atoms with E-state index in [1.165, 1.54) is 25.0 Å². The number of nitrogens with two attached hydrogens (primary N) is 1. The molecule has 3 aromatic carbocycles. The van der Waals surface area contributed by atoms with Gasteiger partial charge in [0, 0.05) is 33.4 Å². The zero-order valence-corrected chi connectivity index (χ0v) is 19.2. The predicted octanol–water partition coefficient (Wildman–Crippen LogP) is 6.55. The van der Waals surface area contributed by atoms with Crippen LogP contribution in [0.5, 0.6) is 0 Å². The number of amides is 1. The van der Waals surface area contributed by atoms with Crippen molar-refractivity contribution < 1.29 is 9.18 Å². The average molecular weight is 460 g/mol. The standard InChI is InChI=1S/C27H26FN3OS/c1-16(18-3-2-4-21(28)11-18)31-27(32)23-14-30-25-10-8-19(12-22(23)25)20-7-9-24(29)26(13-20)33-15-17-5-6-17/h2-4,7-14,16-17,30H,5-6,15,29H2,1H3,(H,31,32)/t16-/m1/s1. The fraction of sp³-hybridized carbons (Fsp3) is 0.222. The zero-order valence-electron chi connectivity index (χ0n) is 18.4. The van der Waals surface area contributed by atoms with Crippen LogP contribution in [0.4, 0.5) is 10.1 Å². The highest BCUT2D eigenvalue weighted by Gasteiger charge is 2.22. The van der Waals surface area contributed by atoms with Gasteiger partial charge in [0.1, 0.15) is 5.82 Å². The minimum atomic E-state index is -0.316. The summed E-state index contributed by atoms with van der Waals surface area (Å²) in [5, 5.41) is 3.83. The van der Waals surface area contributed by atoms with Crippen LogP contribution < -0.4 is 11.1 Å². The molecular formula is C27H26FN3OS. The van der Waals surface area contributed by atoms with Crippen molar-refractivity contribution in [2.75, 3.05) is 11.5 Å². The van der Waals surface area contributed by atoms with Gasteiger partial charge in [-0.25, -0.2) is 4.39 Å². The summed E-state index contributed by atoms with van der Waals surface area (Å²) < 4.78 is 13.6. The van der Waals surface area contributed by atoms with Crippen molar-refractivity contribution in [1.29, 1.82) is 0 Å². The third-order valence-corrected chi connectivity index (χ3v) is 7.44. The number of carbonyl (C=O) groups excluding carboxylic acids is 1. The normalized spacial score (nSPS) is 14.4. The summed E-state index contributed by atoms with van der Waals surface area (Å²) in [4.78, 5) is 17.3. The van der Waals surface area contributed by atoms with Crippen LogP contribution in [0.1, 0.15) is 41.7 Å². The summed E-state index contributed by atoms with van der Waals surface area (Å²) in [5.74, 6) is 1.42. The summed E-state index contributed by atoms with van der Waals surface area (Å²) >= 11 is 1.82. The SMILES string of the molecule is C[C@@H](NC(=O)c1c[nH]c2ccc(-c3ccc(N)c(SCC4CC4)c3)cc12)c1cccc(F)c1. The number of benzene rings is 3. The molecule has 1 aliphatic carbocycles. The molecule has 0 saturated heterocycles. The van der Waals surface area contributed by atoms with E-state index in [1.54, 1.807) is 18.3 Å². The van der Waals surface area contributed by atoms with Gasteiger partial charge < -0.3 is 16.0 Å². The number of aromatic amines is 1. The van der Waals surface area contributed by atoms with Crippen LogP contribution in [0.2, 0.25) is 0 Å². The van der Waals surface area contributed by atoms with Gasteiger partial charge in [-0.3, -0.25) is 4.79 Å². The maximum atomic E-state index is 13.6. The van der Waals surface area contributed by atoms with Crippen molar-refractivity contribution in [1.82, 2.24) is 10.3 Å². The summed E-state index contributed by atoms with van der Waals surface area (Å²) in [6.07, 6.45) is 4.36. The van der Waals surface area contributed by atoms with Gasteiger partial charge >= 0.3 is 0 Å². The molecule has 4 N–H and O–H groups in total. The van der Waals surface area contributed by atoms with E-state index in [9.17, 15) is 9.18 Å². The second-order valence-electron chi connectivity index (χ2n) is 8.72. The molecule has 0 radical (unpaired) electrons. The number of nitrogens with one attached hydrogen (secondary N) is 2. The molecule has 0 unspecified atom stereocenters. The molecule has 4 nitrogen and oxygen atoms in total. The average Bonchev–Trinajstić information content (AvgIpc) is 3.54. The monoisotopic (exact) mass is 459 g/mol. The third-order valence-electron chi connectivity index (χ3n) is 6.14. The largest absolute Gasteiger partial charge is 0.398 e. The van der Waals surface area contributed by atoms with Crippen molar-refractivity contribution in [3.63, 3.8) is 0 Å². The Bertz CT molecular complexity index is 1330. The summed E-state index contributed by atoms with van der Waals surface area (Å²) in [7, 11) is 0. The quantitative estimate of drug-likeness (QED) is 0.217. The van der Waals surface area contributed by atoms with E-state index in [-0.39, 0.29) is 17.8 Å². The first kappa shape index (κ1) is 21.6. The first-order valence-electron chi connectivity index (χ1n) is 11.2. The van der Waals surface area contributed by atoms with Crippen LogP contribution in [0, 0.1) is 11.7 Å². The Kier molecular flexibility index (Phi) is 5.85. The summed E-state index contributed by atoms with van der Waals surface area (Å²) in [6.45, 7) is 1.85. The van der Waals surface area contributed by atoms with Gasteiger partial charge in [0.05, 0.1) is 11.6 Å². The first-order chi connectivity index (χ1) is 16.0. The Balaban J connectivity index is 1.40. The van der Waals surface area contributed by atoms with Crippen LogP contribution in [0.3, 0.4) is 0 Å². The molecule has 1 aliphatic rings. The lowest BCUT2D eigenvalue weighted by atomic mass is 10.0. The molecule has 1 heterocycles. The van der Waals surface area contributed by atoms with Crippen LogP contribution >= 0.6 is 11.8 Å². The Morgan fingerprint density at radius 3 is 2.73 bits per heavy atom. The lowest BCUT2D eigenvalue weighted by molar-refractivity contribution is 0.0941. The van der Waals surface area contributed by atoms with Crippen LogP contribution in [0.25, 0.3) is 22.0 Å². The highest BCUT2D eigenvalue weighted by atomic mass is 32.2. The first-order valence-corrected chi connectivity index (χ1v) is 12.2. The van der Waals surface area contributed by atoms with Crippen LogP contribution in [0.15, 0.2) is 71.8 Å². The molecule has 1 fully saturated rings. The topological polar surface area (TPSA) is 70.9 Å². The predicted molar refractivity (Wildman–Crippen MR) is 134 cm³/mol. The fourth-order valence-electron chi connectivity index (χ4n) is 3.95. The Labute approximate surface area is 196 Å². The van der Waals surface area contributed by atoms with E-state index in [2.05, 4.69) is 22.4 Å². The van der Waals surface area contributed by atoms with E-state index >= 15 is 0 Å². The number of hydrogen-bond donors (Lipinski definition) is 3. The maximum Gasteiger partial charge on any atom is 0.253 e. The number of H-pyrrole nitrogens is 1. The molecule has 0 spiro atoms. The van der Waals surface area contributed by atoms with E-state index in [0.29, 0.717) is 5.56 Å². The van der Waals surface area contributed by atoms with Crippen LogP contribution in [-0.4, -0.2) is 16.6 Å². The van der Waals surface area contributed by atoms with Gasteiger partial charge in [0.15, 0.2) is 0 Å². The molecule has 4 aromatic rings. The van der Waals surface area contributed by atoms with Crippen LogP contribution in [-0.2, 0) is 0 Å². The van der Waals surface area contributed by atoms with Gasteiger partial charge in [0.25, 0.3) is 5.91 Å². The molecule has 1 atom stereocenters. The zero-order chi connectivity index (χ0) is 22.9. The minimum Gasteiger partial charge on any atom is -0.398 e. The van der Waals surface area contributed by atoms with E-state index in [1.807, 2.05) is 43.0 Å². The lowest BCUT2D eigenvalue weighted by Crippen LogP contribution is -2.26. The molecule has 168 valence electrons. The number of aromatic nitrogens is 1. The van der Waals surface area contributed by atoms with Crippen molar-refractivity contribution in [2.24, 2.45) is 5.92 Å². The number of thioether (sulfide) groups is 1. The number of nitrogen functional groups attached to an aromatic ring is 1. The third kappa shape index (κ3) is 4.76. The van der Waals surface area contributed by atoms with Gasteiger partial charge in [-0.05, 0) is 78.8 Å². The van der Waals surface area contributed by atoms with Crippen molar-refractivity contribution >= 4 is 34.3 Å². The van der Waals surface area contributed by atoms with Crippen molar-refractivity contribution in [3.05, 3.63) is 83.8 Å². The number of anilines is 1. The van der Waals surface area contributed by atoms with E-state index in [4.69, 9.17) is 5.73 Å². The summed E-state index contributed by atoms with van der Waals surface area (Å²) in [6, 6.07) is 18.2. The second-order valence-corrected chi connectivity index (χ2v) is 9.78. The molecule has 1 amide bonds. The molecule has 0 bridgehead atoms. The van der Waals surface area contributed by atoms with Gasteiger partial charge in [0.2, 0.25) is 0 Å². The number of halogens is 1. The molecule has 0 aliphatic heterocycles. The Hall–Kier alpha value is -3.25. The number of carbonyl (C=O) groups is 1. The molecule has 1 saturated carbocycles. The van der Waals surface area contributed by atoms with Gasteiger partial charge in [-0.1, -0.05) is 24.3 Å². The second kappa shape index (κ2) is 8.94. The van der Waals surface area contributed by atoms with Crippen molar-refractivity contribution in [3.8, 4) is 11.1 Å². The Morgan fingerprint density at radius 1 is 1.15 bits per heavy atom. The Morgan fingerprint density at radius 2 is 1.94 bits per heavy atom. The highest BCUT2D eigenvalue weighted by Crippen LogP contribution is 2.38. The molecular weight excluding hydrogens is 433 g/mol. The molecule has 33 heavy (non-hydrogen) atoms. The molecule has 5 rings (SSSR count). The van der Waals surface area contributed by atoms with E-state index < -0.39 is 0 Å². The molecule has 1 aromatic heterocycles. The number of fused-ring (bicyclic) bond motifs is 1. The smallest absolute Gasteiger partial charge is 0.253 e. The number of rotatable bonds is 7. The van der Waals surface area contributed by atoms with Gasteiger partial charge in [-0.15, -0.1) is 11.8 Å². The van der Waals surface area contributed by atoms with Gasteiger partial charge in [-0.2, -0.15) is 0 Å². The summed E-state index contributed by atoms with van der Waals surface area (Å²) in [5.41, 5.74) is 11.3. The maximum absolute atomic E-state index is 13.6. The number of hydrogen-bond acceptors (Lipinski definition) is 3. The minimum absolute atomic E-state index is 0.201. The fourth-order valence-corrected chi connectivity index (χ4v) is 5.15. The van der Waals surface area contributed by atoms with E-state index in [0.717, 1.165) is 49.8 Å². The lowest BCUT2D eigenvalue weighted by Gasteiger charge is -2.14. The molecule has 6 heteroatoms.